The zero-order valence-corrected chi connectivity index (χ0v) is 21.0. The first-order valence-corrected chi connectivity index (χ1v) is 12.6. The van der Waals surface area contributed by atoms with Crippen molar-refractivity contribution in [3.63, 3.8) is 0 Å². The SMILES string of the molecule is O=c1cc(-c2ccc(OCCOCCN(Cc3cccnc3)Cc3cccnc3)cc2)oc2ccccc12. The minimum Gasteiger partial charge on any atom is -0.491 e. The predicted molar refractivity (Wildman–Crippen MR) is 147 cm³/mol. The van der Waals surface area contributed by atoms with Crippen LogP contribution in [0.15, 0.2) is 113 Å². The quantitative estimate of drug-likeness (QED) is 0.211. The van der Waals surface area contributed by atoms with Crippen molar-refractivity contribution in [2.75, 3.05) is 26.4 Å². The number of para-hydroxylation sites is 1. The second-order valence-corrected chi connectivity index (χ2v) is 8.89. The first-order valence-electron chi connectivity index (χ1n) is 12.6. The molecular formula is C31H29N3O4. The highest BCUT2D eigenvalue weighted by Gasteiger charge is 2.09. The zero-order chi connectivity index (χ0) is 26.0. The summed E-state index contributed by atoms with van der Waals surface area (Å²) < 4.78 is 17.6. The summed E-state index contributed by atoms with van der Waals surface area (Å²) in [4.78, 5) is 23.2. The molecule has 7 heteroatoms. The van der Waals surface area contributed by atoms with E-state index in [0.29, 0.717) is 36.6 Å². The number of nitrogens with zero attached hydrogens (tertiary/aromatic N) is 3. The average Bonchev–Trinajstić information content (AvgIpc) is 2.96. The molecular weight excluding hydrogens is 478 g/mol. The fourth-order valence-electron chi connectivity index (χ4n) is 4.19. The lowest BCUT2D eigenvalue weighted by Crippen LogP contribution is -2.27. The molecule has 0 spiro atoms. The Morgan fingerprint density at radius 3 is 2.16 bits per heavy atom. The van der Waals surface area contributed by atoms with Crippen molar-refractivity contribution in [1.29, 1.82) is 0 Å². The molecule has 0 aliphatic heterocycles. The average molecular weight is 508 g/mol. The molecule has 0 amide bonds. The van der Waals surface area contributed by atoms with Crippen LogP contribution in [0.25, 0.3) is 22.3 Å². The van der Waals surface area contributed by atoms with Gasteiger partial charge in [-0.2, -0.15) is 0 Å². The molecule has 0 unspecified atom stereocenters. The van der Waals surface area contributed by atoms with Gasteiger partial charge < -0.3 is 13.9 Å². The van der Waals surface area contributed by atoms with Crippen molar-refractivity contribution in [1.82, 2.24) is 14.9 Å². The lowest BCUT2D eigenvalue weighted by Gasteiger charge is -2.22. The lowest BCUT2D eigenvalue weighted by atomic mass is 10.1. The third kappa shape index (κ3) is 6.91. The maximum absolute atomic E-state index is 12.4. The summed E-state index contributed by atoms with van der Waals surface area (Å²) in [7, 11) is 0. The van der Waals surface area contributed by atoms with Crippen LogP contribution in [0.3, 0.4) is 0 Å². The number of hydrogen-bond acceptors (Lipinski definition) is 7. The molecule has 0 aliphatic carbocycles. The van der Waals surface area contributed by atoms with E-state index in [1.807, 2.05) is 60.9 Å². The largest absolute Gasteiger partial charge is 0.491 e. The van der Waals surface area contributed by atoms with Crippen LogP contribution >= 0.6 is 0 Å². The Labute approximate surface area is 221 Å². The second kappa shape index (κ2) is 12.8. The Bertz CT molecular complexity index is 1450. The minimum absolute atomic E-state index is 0.0567. The molecule has 0 aliphatic rings. The summed E-state index contributed by atoms with van der Waals surface area (Å²) in [5.41, 5.74) is 3.65. The fraction of sp³-hybridized carbons (Fsp3) is 0.194. The molecule has 5 rings (SSSR count). The first kappa shape index (κ1) is 25.3. The molecule has 192 valence electrons. The Morgan fingerprint density at radius 1 is 0.763 bits per heavy atom. The van der Waals surface area contributed by atoms with E-state index in [1.54, 1.807) is 24.5 Å². The van der Waals surface area contributed by atoms with E-state index in [0.717, 1.165) is 42.1 Å². The van der Waals surface area contributed by atoms with Crippen molar-refractivity contribution in [3.05, 3.63) is 125 Å². The van der Waals surface area contributed by atoms with Gasteiger partial charge in [0.1, 0.15) is 23.7 Å². The van der Waals surface area contributed by atoms with Gasteiger partial charge in [-0.1, -0.05) is 24.3 Å². The molecule has 0 fully saturated rings. The van der Waals surface area contributed by atoms with Crippen LogP contribution in [-0.4, -0.2) is 41.2 Å². The minimum atomic E-state index is -0.0567. The molecule has 0 atom stereocenters. The van der Waals surface area contributed by atoms with Gasteiger partial charge in [-0.05, 0) is 59.7 Å². The van der Waals surface area contributed by atoms with Gasteiger partial charge in [-0.25, -0.2) is 0 Å². The van der Waals surface area contributed by atoms with E-state index in [1.165, 1.54) is 6.07 Å². The molecule has 0 saturated carbocycles. The van der Waals surface area contributed by atoms with Gasteiger partial charge in [0.2, 0.25) is 0 Å². The predicted octanol–water partition coefficient (Wildman–Crippen LogP) is 5.35. The molecule has 0 radical (unpaired) electrons. The van der Waals surface area contributed by atoms with Gasteiger partial charge in [0.05, 0.1) is 18.6 Å². The maximum Gasteiger partial charge on any atom is 0.193 e. The standard InChI is InChI=1S/C31H29N3O4/c35-29-19-31(38-30-8-2-1-7-28(29)30)26-9-11-27(12-10-26)37-18-17-36-16-15-34(22-24-5-3-13-32-20-24)23-25-6-4-14-33-21-25/h1-14,19-21H,15-18,22-23H2. The number of pyridine rings is 2. The van der Waals surface area contributed by atoms with E-state index in [-0.39, 0.29) is 5.43 Å². The Kier molecular flexibility index (Phi) is 8.51. The van der Waals surface area contributed by atoms with Gasteiger partial charge >= 0.3 is 0 Å². The summed E-state index contributed by atoms with van der Waals surface area (Å²) in [6.45, 7) is 3.85. The van der Waals surface area contributed by atoms with Crippen LogP contribution in [0, 0.1) is 0 Å². The molecule has 3 heterocycles. The highest BCUT2D eigenvalue weighted by Crippen LogP contribution is 2.24. The molecule has 7 nitrogen and oxygen atoms in total. The van der Waals surface area contributed by atoms with E-state index >= 15 is 0 Å². The summed E-state index contributed by atoms with van der Waals surface area (Å²) in [6, 6.07) is 24.4. The zero-order valence-electron chi connectivity index (χ0n) is 21.0. The third-order valence-electron chi connectivity index (χ3n) is 6.08. The van der Waals surface area contributed by atoms with Gasteiger partial charge in [0.25, 0.3) is 0 Å². The molecule has 3 aromatic heterocycles. The van der Waals surface area contributed by atoms with Crippen molar-refractivity contribution >= 4 is 11.0 Å². The van der Waals surface area contributed by atoms with Gasteiger partial charge in [-0.15, -0.1) is 0 Å². The normalized spacial score (nSPS) is 11.2. The second-order valence-electron chi connectivity index (χ2n) is 8.89. The number of rotatable bonds is 12. The Morgan fingerprint density at radius 2 is 1.47 bits per heavy atom. The highest BCUT2D eigenvalue weighted by atomic mass is 16.5. The van der Waals surface area contributed by atoms with Crippen LogP contribution in [0.2, 0.25) is 0 Å². The molecule has 2 aromatic carbocycles. The summed E-state index contributed by atoms with van der Waals surface area (Å²) in [5, 5.41) is 0.577. The molecule has 38 heavy (non-hydrogen) atoms. The van der Waals surface area contributed by atoms with E-state index < -0.39 is 0 Å². The van der Waals surface area contributed by atoms with Crippen LogP contribution in [0.1, 0.15) is 11.1 Å². The maximum atomic E-state index is 12.4. The van der Waals surface area contributed by atoms with Gasteiger partial charge in [0.15, 0.2) is 5.43 Å². The fourth-order valence-corrected chi connectivity index (χ4v) is 4.19. The molecule has 5 aromatic rings. The smallest absolute Gasteiger partial charge is 0.193 e. The van der Waals surface area contributed by atoms with Crippen molar-refractivity contribution in [2.24, 2.45) is 0 Å². The summed E-state index contributed by atoms with van der Waals surface area (Å²) in [6.07, 6.45) is 7.35. The molecule has 0 bridgehead atoms. The van der Waals surface area contributed by atoms with E-state index in [2.05, 4.69) is 27.0 Å². The Hall–Kier alpha value is -4.33. The Balaban J connectivity index is 1.09. The van der Waals surface area contributed by atoms with Crippen molar-refractivity contribution in [2.45, 2.75) is 13.1 Å². The summed E-state index contributed by atoms with van der Waals surface area (Å²) in [5.74, 6) is 1.26. The lowest BCUT2D eigenvalue weighted by molar-refractivity contribution is 0.0760. The van der Waals surface area contributed by atoms with Crippen molar-refractivity contribution < 1.29 is 13.9 Å². The number of fused-ring (bicyclic) bond motifs is 1. The van der Waals surface area contributed by atoms with Crippen molar-refractivity contribution in [3.8, 4) is 17.1 Å². The van der Waals surface area contributed by atoms with E-state index in [4.69, 9.17) is 13.9 Å². The van der Waals surface area contributed by atoms with Crippen LogP contribution < -0.4 is 10.2 Å². The van der Waals surface area contributed by atoms with Crippen LogP contribution in [0.4, 0.5) is 0 Å². The third-order valence-corrected chi connectivity index (χ3v) is 6.08. The monoisotopic (exact) mass is 507 g/mol. The van der Waals surface area contributed by atoms with Gasteiger partial charge in [0, 0.05) is 56.1 Å². The van der Waals surface area contributed by atoms with Crippen LogP contribution in [0.5, 0.6) is 5.75 Å². The molecule has 0 saturated heterocycles. The van der Waals surface area contributed by atoms with E-state index in [9.17, 15) is 4.79 Å². The topological polar surface area (TPSA) is 77.7 Å². The summed E-state index contributed by atoms with van der Waals surface area (Å²) >= 11 is 0. The number of hydrogen-bond donors (Lipinski definition) is 0. The number of ether oxygens (including phenoxy) is 2. The molecule has 0 N–H and O–H groups in total. The van der Waals surface area contributed by atoms with Gasteiger partial charge in [-0.3, -0.25) is 19.7 Å². The highest BCUT2D eigenvalue weighted by molar-refractivity contribution is 5.78. The first-order chi connectivity index (χ1) is 18.7. The number of benzene rings is 2. The number of aromatic nitrogens is 2. The van der Waals surface area contributed by atoms with Crippen LogP contribution in [-0.2, 0) is 17.8 Å².